The van der Waals surface area contributed by atoms with Crippen molar-refractivity contribution >= 4 is 5.78 Å². The molecule has 2 rings (SSSR count). The fourth-order valence-electron chi connectivity index (χ4n) is 1.81. The molecule has 0 aliphatic heterocycles. The molecule has 2 aromatic rings. The standard InChI is InChI=1S/C17H18O/c18-17(16-12-5-2-6-13-16)14-8-7-11-15-9-3-1-4-10-15/h1-6,9-10,12-13H,7-8,11,14H2/i11D2. The summed E-state index contributed by atoms with van der Waals surface area (Å²) in [7, 11) is 0. The third-order valence-corrected chi connectivity index (χ3v) is 2.78. The molecule has 0 aliphatic carbocycles. The number of rotatable bonds is 6. The summed E-state index contributed by atoms with van der Waals surface area (Å²) < 4.78 is 16.1. The van der Waals surface area contributed by atoms with Gasteiger partial charge in [0.05, 0.1) is 0 Å². The molecule has 0 radical (unpaired) electrons. The zero-order chi connectivity index (χ0) is 14.4. The number of benzene rings is 2. The lowest BCUT2D eigenvalue weighted by Crippen LogP contribution is -1.98. The first-order valence-electron chi connectivity index (χ1n) is 7.23. The summed E-state index contributed by atoms with van der Waals surface area (Å²) in [6, 6.07) is 18.3. The van der Waals surface area contributed by atoms with Gasteiger partial charge in [0.1, 0.15) is 0 Å². The SMILES string of the molecule is [2H]C([2H])(CCCC(=O)c1ccccc1)c1ccccc1. The van der Waals surface area contributed by atoms with E-state index < -0.39 is 6.37 Å². The van der Waals surface area contributed by atoms with Crippen molar-refractivity contribution in [3.63, 3.8) is 0 Å². The van der Waals surface area contributed by atoms with Gasteiger partial charge in [-0.05, 0) is 24.8 Å². The minimum atomic E-state index is -1.38. The molecule has 0 aliphatic rings. The van der Waals surface area contributed by atoms with Crippen molar-refractivity contribution in [3.05, 3.63) is 71.8 Å². The molecule has 0 bridgehead atoms. The number of Topliss-reactive ketones (excluding diaryl/α,β-unsaturated/α-hetero) is 1. The van der Waals surface area contributed by atoms with E-state index in [1.54, 1.807) is 24.3 Å². The molecule has 0 N–H and O–H groups in total. The van der Waals surface area contributed by atoms with Crippen LogP contribution in [0.5, 0.6) is 0 Å². The lowest BCUT2D eigenvalue weighted by Gasteiger charge is -2.02. The van der Waals surface area contributed by atoms with Gasteiger partial charge in [-0.15, -0.1) is 0 Å². The highest BCUT2D eigenvalue weighted by atomic mass is 16.1. The Morgan fingerprint density at radius 3 is 2.17 bits per heavy atom. The van der Waals surface area contributed by atoms with Gasteiger partial charge in [-0.1, -0.05) is 60.7 Å². The summed E-state index contributed by atoms with van der Waals surface area (Å²) in [5, 5.41) is 0. The van der Waals surface area contributed by atoms with Crippen LogP contribution >= 0.6 is 0 Å². The number of hydrogen-bond acceptors (Lipinski definition) is 1. The Morgan fingerprint density at radius 1 is 0.889 bits per heavy atom. The van der Waals surface area contributed by atoms with Gasteiger partial charge in [0.25, 0.3) is 0 Å². The van der Waals surface area contributed by atoms with Crippen LogP contribution in [0.25, 0.3) is 0 Å². The van der Waals surface area contributed by atoms with Crippen LogP contribution in [0.1, 0.15) is 37.9 Å². The average molecular weight is 240 g/mol. The van der Waals surface area contributed by atoms with Gasteiger partial charge in [-0.3, -0.25) is 4.79 Å². The van der Waals surface area contributed by atoms with Gasteiger partial charge in [0.2, 0.25) is 0 Å². The minimum absolute atomic E-state index is 0.0782. The molecule has 0 fully saturated rings. The Balaban J connectivity index is 1.88. The minimum Gasteiger partial charge on any atom is -0.294 e. The fraction of sp³-hybridized carbons (Fsp3) is 0.235. The number of aryl methyl sites for hydroxylation is 1. The highest BCUT2D eigenvalue weighted by Crippen LogP contribution is 2.09. The van der Waals surface area contributed by atoms with Gasteiger partial charge >= 0.3 is 0 Å². The number of carbonyl (C=O) groups is 1. The molecule has 18 heavy (non-hydrogen) atoms. The second-order valence-electron chi connectivity index (χ2n) is 4.19. The van der Waals surface area contributed by atoms with E-state index in [1.165, 1.54) is 0 Å². The maximum absolute atomic E-state index is 11.9. The first-order chi connectivity index (χ1) is 9.59. The molecule has 1 heteroatoms. The molecule has 0 atom stereocenters. The van der Waals surface area contributed by atoms with Crippen molar-refractivity contribution in [1.82, 2.24) is 0 Å². The van der Waals surface area contributed by atoms with Gasteiger partial charge in [0, 0.05) is 14.7 Å². The van der Waals surface area contributed by atoms with Crippen LogP contribution in [0.4, 0.5) is 0 Å². The molecule has 2 aromatic carbocycles. The maximum Gasteiger partial charge on any atom is 0.162 e. The average Bonchev–Trinajstić information content (AvgIpc) is 2.49. The summed E-state index contributed by atoms with van der Waals surface area (Å²) in [5.74, 6) is 0.0782. The van der Waals surface area contributed by atoms with Crippen LogP contribution in [0.3, 0.4) is 0 Å². The number of carbonyl (C=O) groups excluding carboxylic acids is 1. The van der Waals surface area contributed by atoms with Gasteiger partial charge < -0.3 is 0 Å². The molecule has 92 valence electrons. The molecule has 0 saturated carbocycles. The zero-order valence-electron chi connectivity index (χ0n) is 12.3. The van der Waals surface area contributed by atoms with E-state index in [9.17, 15) is 4.79 Å². The van der Waals surface area contributed by atoms with Crippen LogP contribution in [0.15, 0.2) is 60.7 Å². The van der Waals surface area contributed by atoms with E-state index in [4.69, 9.17) is 2.74 Å². The van der Waals surface area contributed by atoms with E-state index in [-0.39, 0.29) is 5.78 Å². The summed E-state index contributed by atoms with van der Waals surface area (Å²) in [6.07, 6.45) is -0.0835. The van der Waals surface area contributed by atoms with Gasteiger partial charge in [-0.2, -0.15) is 0 Å². The third kappa shape index (κ3) is 3.85. The van der Waals surface area contributed by atoms with Crippen LogP contribution < -0.4 is 0 Å². The summed E-state index contributed by atoms with van der Waals surface area (Å²) in [4.78, 5) is 11.9. The van der Waals surface area contributed by atoms with Gasteiger partial charge in [0.15, 0.2) is 5.78 Å². The molecule has 1 nitrogen and oxygen atoms in total. The quantitative estimate of drug-likeness (QED) is 0.689. The Bertz CT molecular complexity index is 550. The normalized spacial score (nSPS) is 12.7. The maximum atomic E-state index is 11.9. The molecule has 0 amide bonds. The summed E-state index contributed by atoms with van der Waals surface area (Å²) in [6.45, 7) is 0. The molecule has 0 spiro atoms. The Hall–Kier alpha value is -1.89. The van der Waals surface area contributed by atoms with Crippen molar-refractivity contribution in [2.45, 2.75) is 25.6 Å². The first kappa shape index (κ1) is 10.1. The molecule has 0 unspecified atom stereocenters. The van der Waals surface area contributed by atoms with E-state index >= 15 is 0 Å². The highest BCUT2D eigenvalue weighted by Gasteiger charge is 2.04. The first-order valence-corrected chi connectivity index (χ1v) is 6.23. The van der Waals surface area contributed by atoms with E-state index in [1.807, 2.05) is 36.4 Å². The zero-order valence-corrected chi connectivity index (χ0v) is 10.3. The van der Waals surface area contributed by atoms with Crippen molar-refractivity contribution in [2.24, 2.45) is 0 Å². The van der Waals surface area contributed by atoms with E-state index in [0.717, 1.165) is 0 Å². The molecule has 0 saturated heterocycles. The van der Waals surface area contributed by atoms with Crippen molar-refractivity contribution in [3.8, 4) is 0 Å². The number of ketones is 1. The second-order valence-corrected chi connectivity index (χ2v) is 4.19. The molecular weight excluding hydrogens is 220 g/mol. The van der Waals surface area contributed by atoms with Gasteiger partial charge in [-0.25, -0.2) is 0 Å². The predicted octanol–water partition coefficient (Wildman–Crippen LogP) is 4.28. The monoisotopic (exact) mass is 240 g/mol. The summed E-state index contributed by atoms with van der Waals surface area (Å²) >= 11 is 0. The van der Waals surface area contributed by atoms with Crippen molar-refractivity contribution in [2.75, 3.05) is 0 Å². The van der Waals surface area contributed by atoms with Crippen LogP contribution in [-0.4, -0.2) is 5.78 Å². The molecule has 0 aromatic heterocycles. The Kier molecular flexibility index (Phi) is 3.78. The lowest BCUT2D eigenvalue weighted by molar-refractivity contribution is 0.0979. The van der Waals surface area contributed by atoms with Crippen LogP contribution in [0.2, 0.25) is 0 Å². The Morgan fingerprint density at radius 2 is 1.50 bits per heavy atom. The molecular formula is C17H18O. The highest BCUT2D eigenvalue weighted by molar-refractivity contribution is 5.95. The van der Waals surface area contributed by atoms with E-state index in [2.05, 4.69) is 0 Å². The molecule has 0 heterocycles. The van der Waals surface area contributed by atoms with Crippen LogP contribution in [0, 0.1) is 0 Å². The largest absolute Gasteiger partial charge is 0.294 e. The fourth-order valence-corrected chi connectivity index (χ4v) is 1.81. The Labute approximate surface area is 111 Å². The smallest absolute Gasteiger partial charge is 0.162 e. The predicted molar refractivity (Wildman–Crippen MR) is 74.8 cm³/mol. The van der Waals surface area contributed by atoms with Crippen molar-refractivity contribution in [1.29, 1.82) is 0 Å². The third-order valence-electron chi connectivity index (χ3n) is 2.78. The topological polar surface area (TPSA) is 17.1 Å². The summed E-state index contributed by atoms with van der Waals surface area (Å²) in [5.41, 5.74) is 1.37. The second kappa shape index (κ2) is 6.75. The van der Waals surface area contributed by atoms with E-state index in [0.29, 0.717) is 30.4 Å². The van der Waals surface area contributed by atoms with Crippen molar-refractivity contribution < 1.29 is 7.54 Å². The lowest BCUT2D eigenvalue weighted by atomic mass is 10.0. The van der Waals surface area contributed by atoms with Crippen LogP contribution in [-0.2, 0) is 6.37 Å². The number of hydrogen-bond donors (Lipinski definition) is 0.